The third kappa shape index (κ3) is 4.56. The zero-order valence-corrected chi connectivity index (χ0v) is 16.3. The molecule has 0 bridgehead atoms. The molecule has 0 fully saturated rings. The molecule has 0 aliphatic carbocycles. The number of carbonyl (C=O) groups is 1. The summed E-state index contributed by atoms with van der Waals surface area (Å²) in [5, 5.41) is 4.32. The largest absolute Gasteiger partial charge is 0.495 e. The van der Waals surface area contributed by atoms with Crippen LogP contribution in [-0.4, -0.2) is 34.1 Å². The van der Waals surface area contributed by atoms with Crippen molar-refractivity contribution in [3.8, 4) is 5.75 Å². The summed E-state index contributed by atoms with van der Waals surface area (Å²) in [5.74, 6) is 0.890. The molecular formula is C19H17ClN4O2S. The first-order valence-electron chi connectivity index (χ1n) is 8.04. The quantitative estimate of drug-likeness (QED) is 0.363. The molecule has 0 amide bonds. The number of thioether (sulfide) groups is 1. The number of ether oxygens (including phenoxy) is 1. The zero-order chi connectivity index (χ0) is 19.2. The van der Waals surface area contributed by atoms with Crippen molar-refractivity contribution in [2.24, 2.45) is 0 Å². The minimum Gasteiger partial charge on any atom is -0.495 e. The van der Waals surface area contributed by atoms with Crippen molar-refractivity contribution in [2.45, 2.75) is 11.7 Å². The van der Waals surface area contributed by atoms with E-state index in [1.807, 2.05) is 18.4 Å². The molecule has 0 atom stereocenters. The normalized spacial score (nSPS) is 10.5. The molecule has 3 aromatic rings. The highest BCUT2D eigenvalue weighted by molar-refractivity contribution is 7.98. The Hall–Kier alpha value is -2.64. The predicted octanol–water partition coefficient (Wildman–Crippen LogP) is 4.10. The number of carbonyl (C=O) groups excluding carboxylic acids is 1. The van der Waals surface area contributed by atoms with Gasteiger partial charge in [-0.3, -0.25) is 9.78 Å². The lowest BCUT2D eigenvalue weighted by molar-refractivity contribution is 0.103. The number of aromatic nitrogens is 3. The molecule has 0 unspecified atom stereocenters. The Bertz CT molecular complexity index is 954. The third-order valence-corrected chi connectivity index (χ3v) is 4.65. The number of anilines is 1. The average Bonchev–Trinajstić information content (AvgIpc) is 2.72. The summed E-state index contributed by atoms with van der Waals surface area (Å²) in [7, 11) is 1.57. The number of hydrogen-bond donors (Lipinski definition) is 1. The van der Waals surface area contributed by atoms with Gasteiger partial charge in [-0.2, -0.15) is 0 Å². The van der Waals surface area contributed by atoms with Crippen molar-refractivity contribution in [1.82, 2.24) is 15.0 Å². The number of rotatable bonds is 7. The molecule has 2 aromatic heterocycles. The fraction of sp³-hybridized carbons (Fsp3) is 0.158. The maximum absolute atomic E-state index is 12.8. The molecule has 0 aliphatic heterocycles. The number of hydrogen-bond acceptors (Lipinski definition) is 7. The van der Waals surface area contributed by atoms with Gasteiger partial charge in [-0.25, -0.2) is 9.97 Å². The van der Waals surface area contributed by atoms with Gasteiger partial charge in [0.15, 0.2) is 10.9 Å². The molecule has 6 nitrogen and oxygen atoms in total. The van der Waals surface area contributed by atoms with Gasteiger partial charge in [0.05, 0.1) is 17.7 Å². The fourth-order valence-electron chi connectivity index (χ4n) is 2.42. The van der Waals surface area contributed by atoms with E-state index in [9.17, 15) is 4.79 Å². The van der Waals surface area contributed by atoms with Crippen molar-refractivity contribution >= 4 is 35.0 Å². The number of halogens is 1. The second kappa shape index (κ2) is 8.83. The predicted molar refractivity (Wildman–Crippen MR) is 107 cm³/mol. The highest BCUT2D eigenvalue weighted by atomic mass is 35.5. The van der Waals surface area contributed by atoms with E-state index in [1.165, 1.54) is 24.2 Å². The van der Waals surface area contributed by atoms with Crippen LogP contribution in [0.25, 0.3) is 0 Å². The fourth-order valence-corrected chi connectivity index (χ4v) is 3.04. The van der Waals surface area contributed by atoms with Crippen LogP contribution in [0.3, 0.4) is 0 Å². The molecule has 1 aromatic carbocycles. The van der Waals surface area contributed by atoms with Gasteiger partial charge in [0, 0.05) is 30.7 Å². The van der Waals surface area contributed by atoms with Crippen LogP contribution in [0.4, 0.5) is 5.82 Å². The minimum atomic E-state index is -0.189. The molecule has 138 valence electrons. The standard InChI is InChI=1S/C19H17ClN4O2S/c1-26-16-6-5-12(8-15(16)20)9-22-18-14(11-23-19(24-18)27-2)17(25)13-4-3-7-21-10-13/h3-8,10-11H,9H2,1-2H3,(H,22,23,24). The van der Waals surface area contributed by atoms with Crippen LogP contribution in [0, 0.1) is 0 Å². The molecule has 0 saturated heterocycles. The number of pyridine rings is 1. The maximum Gasteiger partial charge on any atom is 0.199 e. The van der Waals surface area contributed by atoms with E-state index in [-0.39, 0.29) is 5.78 Å². The number of ketones is 1. The van der Waals surface area contributed by atoms with Gasteiger partial charge in [-0.05, 0) is 36.1 Å². The Labute approximate surface area is 166 Å². The molecule has 0 spiro atoms. The van der Waals surface area contributed by atoms with E-state index < -0.39 is 0 Å². The lowest BCUT2D eigenvalue weighted by atomic mass is 10.1. The van der Waals surface area contributed by atoms with Crippen LogP contribution in [0.15, 0.2) is 54.1 Å². The summed E-state index contributed by atoms with van der Waals surface area (Å²) >= 11 is 7.58. The van der Waals surface area contributed by atoms with Gasteiger partial charge in [-0.15, -0.1) is 0 Å². The molecule has 0 radical (unpaired) electrons. The first-order chi connectivity index (χ1) is 13.1. The molecule has 3 rings (SSSR count). The topological polar surface area (TPSA) is 77.0 Å². The van der Waals surface area contributed by atoms with Crippen LogP contribution in [0.1, 0.15) is 21.5 Å². The summed E-state index contributed by atoms with van der Waals surface area (Å²) in [6.45, 7) is 0.446. The minimum absolute atomic E-state index is 0.189. The Kier molecular flexibility index (Phi) is 6.26. The van der Waals surface area contributed by atoms with E-state index in [1.54, 1.807) is 31.5 Å². The Morgan fingerprint density at radius 1 is 1.30 bits per heavy atom. The highest BCUT2D eigenvalue weighted by Gasteiger charge is 2.17. The monoisotopic (exact) mass is 400 g/mol. The molecule has 2 heterocycles. The van der Waals surface area contributed by atoms with E-state index in [0.717, 1.165) is 5.56 Å². The number of nitrogens with zero attached hydrogens (tertiary/aromatic N) is 3. The lowest BCUT2D eigenvalue weighted by Crippen LogP contribution is -2.11. The molecular weight excluding hydrogens is 384 g/mol. The van der Waals surface area contributed by atoms with Crippen molar-refractivity contribution < 1.29 is 9.53 Å². The Morgan fingerprint density at radius 2 is 2.15 bits per heavy atom. The van der Waals surface area contributed by atoms with Crippen LogP contribution in [0.2, 0.25) is 5.02 Å². The highest BCUT2D eigenvalue weighted by Crippen LogP contribution is 2.26. The van der Waals surface area contributed by atoms with Crippen LogP contribution in [0.5, 0.6) is 5.75 Å². The SMILES string of the molecule is COc1ccc(CNc2nc(SC)ncc2C(=O)c2cccnc2)cc1Cl. The Balaban J connectivity index is 1.87. The van der Waals surface area contributed by atoms with Crippen LogP contribution in [-0.2, 0) is 6.54 Å². The molecule has 8 heteroatoms. The summed E-state index contributed by atoms with van der Waals surface area (Å²) in [6.07, 6.45) is 6.57. The van der Waals surface area contributed by atoms with Crippen molar-refractivity contribution in [1.29, 1.82) is 0 Å². The maximum atomic E-state index is 12.8. The lowest BCUT2D eigenvalue weighted by Gasteiger charge is -2.12. The average molecular weight is 401 g/mol. The first-order valence-corrected chi connectivity index (χ1v) is 9.64. The summed E-state index contributed by atoms with van der Waals surface area (Å²) < 4.78 is 5.17. The molecule has 0 saturated carbocycles. The van der Waals surface area contributed by atoms with E-state index in [2.05, 4.69) is 20.3 Å². The Morgan fingerprint density at radius 3 is 2.81 bits per heavy atom. The van der Waals surface area contributed by atoms with E-state index >= 15 is 0 Å². The van der Waals surface area contributed by atoms with Crippen molar-refractivity contribution in [3.63, 3.8) is 0 Å². The summed E-state index contributed by atoms with van der Waals surface area (Å²) in [5.41, 5.74) is 1.80. The third-order valence-electron chi connectivity index (χ3n) is 3.79. The second-order valence-corrected chi connectivity index (χ2v) is 6.69. The number of benzene rings is 1. The van der Waals surface area contributed by atoms with Crippen LogP contribution >= 0.6 is 23.4 Å². The van der Waals surface area contributed by atoms with Gasteiger partial charge >= 0.3 is 0 Å². The number of methoxy groups -OCH3 is 1. The van der Waals surface area contributed by atoms with E-state index in [0.29, 0.717) is 39.4 Å². The second-order valence-electron chi connectivity index (χ2n) is 5.51. The van der Waals surface area contributed by atoms with Gasteiger partial charge in [0.25, 0.3) is 0 Å². The van der Waals surface area contributed by atoms with Crippen molar-refractivity contribution in [3.05, 3.63) is 70.6 Å². The molecule has 27 heavy (non-hydrogen) atoms. The van der Waals surface area contributed by atoms with Crippen LogP contribution < -0.4 is 10.1 Å². The summed E-state index contributed by atoms with van der Waals surface area (Å²) in [6, 6.07) is 8.94. The number of nitrogens with one attached hydrogen (secondary N) is 1. The van der Waals surface area contributed by atoms with Gasteiger partial charge in [0.2, 0.25) is 0 Å². The van der Waals surface area contributed by atoms with Gasteiger partial charge < -0.3 is 10.1 Å². The van der Waals surface area contributed by atoms with Gasteiger partial charge in [0.1, 0.15) is 11.6 Å². The molecule has 1 N–H and O–H groups in total. The zero-order valence-electron chi connectivity index (χ0n) is 14.8. The summed E-state index contributed by atoms with van der Waals surface area (Å²) in [4.78, 5) is 25.5. The van der Waals surface area contributed by atoms with Crippen molar-refractivity contribution in [2.75, 3.05) is 18.7 Å². The first kappa shape index (κ1) is 19.1. The molecule has 0 aliphatic rings. The van der Waals surface area contributed by atoms with E-state index in [4.69, 9.17) is 16.3 Å². The van der Waals surface area contributed by atoms with Gasteiger partial charge in [-0.1, -0.05) is 29.4 Å². The smallest absolute Gasteiger partial charge is 0.199 e.